The van der Waals surface area contributed by atoms with Gasteiger partial charge in [-0.05, 0) is 13.8 Å². The second-order valence-electron chi connectivity index (χ2n) is 4.17. The van der Waals surface area contributed by atoms with Crippen molar-refractivity contribution in [1.82, 2.24) is 0 Å². The van der Waals surface area contributed by atoms with Gasteiger partial charge in [-0.3, -0.25) is 9.59 Å². The zero-order valence-corrected chi connectivity index (χ0v) is 8.99. The van der Waals surface area contributed by atoms with E-state index in [9.17, 15) is 9.59 Å². The molecule has 1 aliphatic heterocycles. The van der Waals surface area contributed by atoms with E-state index < -0.39 is 5.79 Å². The van der Waals surface area contributed by atoms with E-state index in [1.165, 1.54) is 6.92 Å². The summed E-state index contributed by atoms with van der Waals surface area (Å²) in [5.74, 6) is -1.56. The van der Waals surface area contributed by atoms with Gasteiger partial charge in [-0.1, -0.05) is 0 Å². The number of ether oxygens (including phenoxy) is 2. The molecule has 80 valence electrons. The minimum Gasteiger partial charge on any atom is -0.433 e. The first-order chi connectivity index (χ1) is 6.32. The lowest BCUT2D eigenvalue weighted by molar-refractivity contribution is -0.269. The third kappa shape index (κ3) is 2.54. The lowest BCUT2D eigenvalue weighted by atomic mass is 9.98. The van der Waals surface area contributed by atoms with E-state index in [1.807, 2.05) is 0 Å². The van der Waals surface area contributed by atoms with Crippen LogP contribution in [0.4, 0.5) is 0 Å². The van der Waals surface area contributed by atoms with Crippen molar-refractivity contribution in [2.75, 3.05) is 0 Å². The number of rotatable bonds is 2. The van der Waals surface area contributed by atoms with E-state index in [-0.39, 0.29) is 30.2 Å². The minimum atomic E-state index is -0.913. The molecule has 0 bridgehead atoms. The SMILES string of the molecule is CC(=O)CC1OC(C)(C)OC(=O)C1C. The van der Waals surface area contributed by atoms with E-state index in [4.69, 9.17) is 9.47 Å². The van der Waals surface area contributed by atoms with E-state index >= 15 is 0 Å². The van der Waals surface area contributed by atoms with Crippen molar-refractivity contribution in [2.45, 2.75) is 46.0 Å². The van der Waals surface area contributed by atoms with Crippen LogP contribution in [0.25, 0.3) is 0 Å². The molecule has 1 fully saturated rings. The second kappa shape index (κ2) is 3.69. The molecule has 0 N–H and O–H groups in total. The highest BCUT2D eigenvalue weighted by Crippen LogP contribution is 2.28. The maximum Gasteiger partial charge on any atom is 0.313 e. The average molecular weight is 200 g/mol. The first kappa shape index (κ1) is 11.2. The van der Waals surface area contributed by atoms with Gasteiger partial charge in [-0.2, -0.15) is 0 Å². The fourth-order valence-corrected chi connectivity index (χ4v) is 1.48. The van der Waals surface area contributed by atoms with Crippen LogP contribution >= 0.6 is 0 Å². The summed E-state index contributed by atoms with van der Waals surface area (Å²) in [6.07, 6.45) is -0.0941. The first-order valence-corrected chi connectivity index (χ1v) is 4.72. The van der Waals surface area contributed by atoms with E-state index in [0.717, 1.165) is 0 Å². The molecule has 2 atom stereocenters. The largest absolute Gasteiger partial charge is 0.433 e. The lowest BCUT2D eigenvalue weighted by Gasteiger charge is -2.38. The summed E-state index contributed by atoms with van der Waals surface area (Å²) in [4.78, 5) is 22.3. The van der Waals surface area contributed by atoms with E-state index in [0.29, 0.717) is 0 Å². The minimum absolute atomic E-state index is 0.0207. The van der Waals surface area contributed by atoms with Crippen molar-refractivity contribution >= 4 is 11.8 Å². The summed E-state index contributed by atoms with van der Waals surface area (Å²) in [6.45, 7) is 6.54. The molecule has 0 radical (unpaired) electrons. The Hall–Kier alpha value is -0.900. The average Bonchev–Trinajstić information content (AvgIpc) is 1.97. The van der Waals surface area contributed by atoms with Crippen LogP contribution < -0.4 is 0 Å². The monoisotopic (exact) mass is 200 g/mol. The zero-order valence-electron chi connectivity index (χ0n) is 8.99. The van der Waals surface area contributed by atoms with Gasteiger partial charge in [-0.15, -0.1) is 0 Å². The predicted octanol–water partition coefficient (Wildman–Crippen LogP) is 1.28. The molecule has 1 rings (SSSR count). The molecule has 0 amide bonds. The van der Waals surface area contributed by atoms with Crippen molar-refractivity contribution in [3.8, 4) is 0 Å². The molecule has 1 aliphatic rings. The lowest BCUT2D eigenvalue weighted by Crippen LogP contribution is -2.48. The Balaban J connectivity index is 2.73. The summed E-state index contributed by atoms with van der Waals surface area (Å²) in [5.41, 5.74) is 0. The number of carbonyl (C=O) groups excluding carboxylic acids is 2. The van der Waals surface area contributed by atoms with Gasteiger partial charge in [-0.25, -0.2) is 0 Å². The Morgan fingerprint density at radius 3 is 2.57 bits per heavy atom. The van der Waals surface area contributed by atoms with Crippen LogP contribution in [0.5, 0.6) is 0 Å². The smallest absolute Gasteiger partial charge is 0.313 e. The van der Waals surface area contributed by atoms with Gasteiger partial charge in [0.25, 0.3) is 0 Å². The molecule has 0 aromatic heterocycles. The summed E-state index contributed by atoms with van der Waals surface area (Å²) in [5, 5.41) is 0. The fourth-order valence-electron chi connectivity index (χ4n) is 1.48. The predicted molar refractivity (Wildman–Crippen MR) is 49.5 cm³/mol. The van der Waals surface area contributed by atoms with Crippen molar-refractivity contribution < 1.29 is 19.1 Å². The van der Waals surface area contributed by atoms with Crippen molar-refractivity contribution in [3.63, 3.8) is 0 Å². The molecule has 1 saturated heterocycles. The maximum absolute atomic E-state index is 11.4. The number of cyclic esters (lactones) is 1. The van der Waals surface area contributed by atoms with E-state index in [2.05, 4.69) is 0 Å². The Kier molecular flexibility index (Phi) is 2.95. The highest BCUT2D eigenvalue weighted by molar-refractivity contribution is 5.79. The van der Waals surface area contributed by atoms with Crippen molar-refractivity contribution in [3.05, 3.63) is 0 Å². The standard InChI is InChI=1S/C10H16O4/c1-6(11)5-8-7(2)9(12)14-10(3,4)13-8/h7-8H,5H2,1-4H3. The summed E-state index contributed by atoms with van der Waals surface area (Å²) >= 11 is 0. The molecule has 2 unspecified atom stereocenters. The van der Waals surface area contributed by atoms with Gasteiger partial charge >= 0.3 is 5.97 Å². The fraction of sp³-hybridized carbons (Fsp3) is 0.800. The van der Waals surface area contributed by atoms with Gasteiger partial charge in [0.15, 0.2) is 0 Å². The van der Waals surface area contributed by atoms with E-state index in [1.54, 1.807) is 20.8 Å². The van der Waals surface area contributed by atoms with Gasteiger partial charge in [0.2, 0.25) is 5.79 Å². The Morgan fingerprint density at radius 1 is 1.50 bits per heavy atom. The van der Waals surface area contributed by atoms with Crippen LogP contribution in [0.1, 0.15) is 34.1 Å². The van der Waals surface area contributed by atoms with Crippen LogP contribution in [-0.4, -0.2) is 23.6 Å². The van der Waals surface area contributed by atoms with Gasteiger partial charge in [0, 0.05) is 20.3 Å². The third-order valence-corrected chi connectivity index (χ3v) is 2.20. The number of ketones is 1. The van der Waals surface area contributed by atoms with Crippen LogP contribution in [0.2, 0.25) is 0 Å². The number of carbonyl (C=O) groups is 2. The number of hydrogen-bond donors (Lipinski definition) is 0. The quantitative estimate of drug-likeness (QED) is 0.630. The third-order valence-electron chi connectivity index (χ3n) is 2.20. The molecule has 0 spiro atoms. The van der Waals surface area contributed by atoms with Crippen LogP contribution in [-0.2, 0) is 19.1 Å². The van der Waals surface area contributed by atoms with Gasteiger partial charge < -0.3 is 9.47 Å². The van der Waals surface area contributed by atoms with Gasteiger partial charge in [0.1, 0.15) is 5.78 Å². The molecule has 1 heterocycles. The Bertz CT molecular complexity index is 257. The van der Waals surface area contributed by atoms with Crippen LogP contribution in [0, 0.1) is 5.92 Å². The summed E-state index contributed by atoms with van der Waals surface area (Å²) < 4.78 is 10.5. The topological polar surface area (TPSA) is 52.6 Å². The highest BCUT2D eigenvalue weighted by atomic mass is 16.7. The second-order valence-corrected chi connectivity index (χ2v) is 4.17. The maximum atomic E-state index is 11.4. The van der Waals surface area contributed by atoms with Crippen LogP contribution in [0.3, 0.4) is 0 Å². The van der Waals surface area contributed by atoms with Crippen molar-refractivity contribution in [2.24, 2.45) is 5.92 Å². The molecule has 14 heavy (non-hydrogen) atoms. The molecule has 0 aromatic carbocycles. The molecule has 0 aliphatic carbocycles. The number of esters is 1. The Labute approximate surface area is 83.6 Å². The summed E-state index contributed by atoms with van der Waals surface area (Å²) in [7, 11) is 0. The molecular weight excluding hydrogens is 184 g/mol. The van der Waals surface area contributed by atoms with Crippen molar-refractivity contribution in [1.29, 1.82) is 0 Å². The first-order valence-electron chi connectivity index (χ1n) is 4.72. The molecular formula is C10H16O4. The molecule has 0 saturated carbocycles. The molecule has 4 nitrogen and oxygen atoms in total. The number of Topliss-reactive ketones (excluding diaryl/α,β-unsaturated/α-hetero) is 1. The molecule has 0 aromatic rings. The highest BCUT2D eigenvalue weighted by Gasteiger charge is 2.40. The van der Waals surface area contributed by atoms with Gasteiger partial charge in [0.05, 0.1) is 12.0 Å². The number of hydrogen-bond acceptors (Lipinski definition) is 4. The summed E-state index contributed by atoms with van der Waals surface area (Å²) in [6, 6.07) is 0. The normalized spacial score (nSPS) is 31.0. The Morgan fingerprint density at radius 2 is 2.07 bits per heavy atom. The zero-order chi connectivity index (χ0) is 10.9. The molecule has 4 heteroatoms. The van der Waals surface area contributed by atoms with Crippen LogP contribution in [0.15, 0.2) is 0 Å².